The van der Waals surface area contributed by atoms with Crippen molar-refractivity contribution in [3.8, 4) is 12.3 Å². The molecule has 1 rings (SSSR count). The predicted molar refractivity (Wildman–Crippen MR) is 49.9 cm³/mol. The molecule has 1 heterocycles. The van der Waals surface area contributed by atoms with Gasteiger partial charge in [0.2, 0.25) is 0 Å². The first-order valence-electron chi connectivity index (χ1n) is 2.91. The standard InChI is InChI=1S/C6H9PS2/c1-2-6-3-4-7(8,9)5-6/h1,6H,3-5H2,(H,8,9). The molecule has 0 N–H and O–H groups in total. The fourth-order valence-corrected chi connectivity index (χ4v) is 4.69. The van der Waals surface area contributed by atoms with E-state index in [1.807, 2.05) is 0 Å². The SMILES string of the molecule is C#CC1CCP(=S)(S)C1. The molecule has 0 aromatic heterocycles. The van der Waals surface area contributed by atoms with Gasteiger partial charge in [0.1, 0.15) is 0 Å². The minimum Gasteiger partial charge on any atom is -0.141 e. The quantitative estimate of drug-likeness (QED) is 0.334. The Morgan fingerprint density at radius 2 is 2.44 bits per heavy atom. The van der Waals surface area contributed by atoms with E-state index in [0.29, 0.717) is 5.92 Å². The summed E-state index contributed by atoms with van der Waals surface area (Å²) in [5, 5.41) is -1.23. The summed E-state index contributed by atoms with van der Waals surface area (Å²) in [6.45, 7) is 0. The van der Waals surface area contributed by atoms with Gasteiger partial charge >= 0.3 is 0 Å². The van der Waals surface area contributed by atoms with E-state index < -0.39 is 5.24 Å². The van der Waals surface area contributed by atoms with Crippen molar-refractivity contribution < 1.29 is 0 Å². The molecule has 0 bridgehead atoms. The van der Waals surface area contributed by atoms with Crippen molar-refractivity contribution in [1.29, 1.82) is 0 Å². The number of rotatable bonds is 0. The second-order valence-corrected chi connectivity index (χ2v) is 10.1. The lowest BCUT2D eigenvalue weighted by atomic mass is 10.1. The Morgan fingerprint density at radius 1 is 1.78 bits per heavy atom. The lowest BCUT2D eigenvalue weighted by Crippen LogP contribution is -1.90. The van der Waals surface area contributed by atoms with Crippen LogP contribution in [0.2, 0.25) is 0 Å². The van der Waals surface area contributed by atoms with Gasteiger partial charge in [-0.3, -0.25) is 0 Å². The van der Waals surface area contributed by atoms with E-state index in [0.717, 1.165) is 18.7 Å². The molecule has 9 heavy (non-hydrogen) atoms. The maximum atomic E-state index is 5.24. The second-order valence-electron chi connectivity index (χ2n) is 2.40. The Hall–Kier alpha value is 0.560. The summed E-state index contributed by atoms with van der Waals surface area (Å²) in [4.78, 5) is 0. The Kier molecular flexibility index (Phi) is 2.27. The lowest BCUT2D eigenvalue weighted by molar-refractivity contribution is 0.776. The van der Waals surface area contributed by atoms with Crippen molar-refractivity contribution in [2.75, 3.05) is 12.3 Å². The van der Waals surface area contributed by atoms with Crippen LogP contribution in [0.5, 0.6) is 0 Å². The highest BCUT2D eigenvalue weighted by Gasteiger charge is 2.25. The minimum absolute atomic E-state index is 0.438. The van der Waals surface area contributed by atoms with Gasteiger partial charge < -0.3 is 0 Å². The molecule has 3 heteroatoms. The predicted octanol–water partition coefficient (Wildman–Crippen LogP) is 1.96. The molecule has 2 atom stereocenters. The van der Waals surface area contributed by atoms with Crippen molar-refractivity contribution in [3.05, 3.63) is 0 Å². The van der Waals surface area contributed by atoms with Gasteiger partial charge in [0.15, 0.2) is 0 Å². The fourth-order valence-electron chi connectivity index (χ4n) is 1.02. The van der Waals surface area contributed by atoms with E-state index >= 15 is 0 Å². The molecule has 0 spiro atoms. The highest BCUT2D eigenvalue weighted by Crippen LogP contribution is 2.58. The first kappa shape index (κ1) is 7.66. The summed E-state index contributed by atoms with van der Waals surface area (Å²) < 4.78 is 0. The van der Waals surface area contributed by atoms with E-state index in [-0.39, 0.29) is 0 Å². The van der Waals surface area contributed by atoms with Gasteiger partial charge in [0.05, 0.1) is 0 Å². The Bertz CT molecular complexity index is 192. The van der Waals surface area contributed by atoms with Gasteiger partial charge in [-0.15, -0.1) is 24.6 Å². The minimum atomic E-state index is -1.23. The normalized spacial score (nSPS) is 42.4. The summed E-state index contributed by atoms with van der Waals surface area (Å²) in [5.74, 6) is 3.17. The molecule has 1 saturated heterocycles. The van der Waals surface area contributed by atoms with Crippen LogP contribution < -0.4 is 0 Å². The van der Waals surface area contributed by atoms with E-state index in [2.05, 4.69) is 18.2 Å². The summed E-state index contributed by atoms with van der Waals surface area (Å²) in [7, 11) is 0. The molecule has 0 saturated carbocycles. The monoisotopic (exact) mass is 176 g/mol. The topological polar surface area (TPSA) is 0 Å². The maximum absolute atomic E-state index is 5.24. The summed E-state index contributed by atoms with van der Waals surface area (Å²) in [6.07, 6.45) is 8.46. The van der Waals surface area contributed by atoms with Crippen LogP contribution in [0.1, 0.15) is 6.42 Å². The van der Waals surface area contributed by atoms with Crippen molar-refractivity contribution in [3.63, 3.8) is 0 Å². The van der Waals surface area contributed by atoms with Crippen LogP contribution in [-0.4, -0.2) is 12.3 Å². The van der Waals surface area contributed by atoms with E-state index in [1.165, 1.54) is 0 Å². The van der Waals surface area contributed by atoms with E-state index in [9.17, 15) is 0 Å². The van der Waals surface area contributed by atoms with Crippen molar-refractivity contribution in [2.24, 2.45) is 5.92 Å². The first-order valence-corrected chi connectivity index (χ1v) is 7.23. The molecule has 1 aliphatic rings. The van der Waals surface area contributed by atoms with Gasteiger partial charge in [-0.1, -0.05) is 11.8 Å². The number of terminal acetylenes is 1. The van der Waals surface area contributed by atoms with Crippen molar-refractivity contribution in [1.82, 2.24) is 0 Å². The second kappa shape index (κ2) is 2.66. The van der Waals surface area contributed by atoms with Crippen LogP contribution in [0.4, 0.5) is 0 Å². The molecular weight excluding hydrogens is 167 g/mol. The lowest BCUT2D eigenvalue weighted by Gasteiger charge is -2.02. The molecule has 1 fully saturated rings. The Morgan fingerprint density at radius 3 is 2.67 bits per heavy atom. The molecule has 0 aliphatic carbocycles. The van der Waals surface area contributed by atoms with Crippen LogP contribution in [-0.2, 0) is 11.8 Å². The molecule has 0 aromatic carbocycles. The van der Waals surface area contributed by atoms with Crippen LogP contribution in [0, 0.1) is 18.3 Å². The number of hydrogen-bond acceptors (Lipinski definition) is 1. The van der Waals surface area contributed by atoms with Crippen LogP contribution >= 0.6 is 17.5 Å². The zero-order valence-electron chi connectivity index (χ0n) is 5.08. The highest BCUT2D eigenvalue weighted by molar-refractivity contribution is 8.63. The third-order valence-electron chi connectivity index (χ3n) is 1.57. The highest BCUT2D eigenvalue weighted by atomic mass is 32.9. The number of thiol groups is 1. The maximum Gasteiger partial charge on any atom is 0.0257 e. The van der Waals surface area contributed by atoms with Gasteiger partial charge in [-0.05, 0) is 18.7 Å². The van der Waals surface area contributed by atoms with Gasteiger partial charge in [0.25, 0.3) is 0 Å². The Labute approximate surface area is 66.6 Å². The van der Waals surface area contributed by atoms with Crippen LogP contribution in [0.3, 0.4) is 0 Å². The van der Waals surface area contributed by atoms with E-state index in [4.69, 9.17) is 18.2 Å². The molecule has 2 unspecified atom stereocenters. The van der Waals surface area contributed by atoms with E-state index in [1.54, 1.807) is 0 Å². The van der Waals surface area contributed by atoms with Crippen LogP contribution in [0.25, 0.3) is 0 Å². The third kappa shape index (κ3) is 2.00. The van der Waals surface area contributed by atoms with Crippen molar-refractivity contribution >= 4 is 29.3 Å². The molecule has 0 radical (unpaired) electrons. The molecular formula is C6H9PS2. The third-order valence-corrected chi connectivity index (χ3v) is 5.62. The van der Waals surface area contributed by atoms with Crippen molar-refractivity contribution in [2.45, 2.75) is 6.42 Å². The van der Waals surface area contributed by atoms with Gasteiger partial charge in [0, 0.05) is 11.2 Å². The fraction of sp³-hybridized carbons (Fsp3) is 0.667. The zero-order valence-corrected chi connectivity index (χ0v) is 7.68. The smallest absolute Gasteiger partial charge is 0.0257 e. The molecule has 1 aliphatic heterocycles. The Balaban J connectivity index is 2.60. The molecule has 0 amide bonds. The number of hydrogen-bond donors (Lipinski definition) is 1. The molecule has 50 valence electrons. The van der Waals surface area contributed by atoms with Gasteiger partial charge in [-0.25, -0.2) is 0 Å². The molecule has 0 aromatic rings. The van der Waals surface area contributed by atoms with Crippen LogP contribution in [0.15, 0.2) is 0 Å². The average molecular weight is 176 g/mol. The molecule has 0 nitrogen and oxygen atoms in total. The summed E-state index contributed by atoms with van der Waals surface area (Å²) in [6, 6.07) is 0. The van der Waals surface area contributed by atoms with Gasteiger partial charge in [-0.2, -0.15) is 0 Å². The summed E-state index contributed by atoms with van der Waals surface area (Å²) in [5.41, 5.74) is 0. The average Bonchev–Trinajstić information content (AvgIpc) is 2.10. The largest absolute Gasteiger partial charge is 0.141 e. The zero-order chi connectivity index (χ0) is 6.91. The summed E-state index contributed by atoms with van der Waals surface area (Å²) >= 11 is 9.62. The first-order chi connectivity index (χ1) is 4.14.